The first-order valence-corrected chi connectivity index (χ1v) is 16.4. The van der Waals surface area contributed by atoms with Crippen LogP contribution >= 0.6 is 0 Å². The molecule has 0 bridgehead atoms. The summed E-state index contributed by atoms with van der Waals surface area (Å²) in [6.07, 6.45) is 0.677. The van der Waals surface area contributed by atoms with Gasteiger partial charge in [0.1, 0.15) is 0 Å². The van der Waals surface area contributed by atoms with Crippen molar-refractivity contribution in [3.8, 4) is 0 Å². The van der Waals surface area contributed by atoms with Gasteiger partial charge in [-0.2, -0.15) is 0 Å². The lowest BCUT2D eigenvalue weighted by atomic mass is 10.4. The molecular weight excluding hydrogens is 664 g/mol. The third kappa shape index (κ3) is 41.4. The van der Waals surface area contributed by atoms with Gasteiger partial charge in [-0.1, -0.05) is 13.5 Å². The Morgan fingerprint density at radius 1 is 0.460 bits per heavy atom. The zero-order chi connectivity index (χ0) is 40.5. The number of rotatable bonds is 23. The van der Waals surface area contributed by atoms with Crippen molar-refractivity contribution in [1.29, 1.82) is 0 Å². The molecule has 0 aromatic rings. The van der Waals surface area contributed by atoms with Gasteiger partial charge < -0.3 is 75.8 Å². The van der Waals surface area contributed by atoms with Gasteiger partial charge in [0, 0.05) is 124 Å². The zero-order valence-corrected chi connectivity index (χ0v) is 35.3. The van der Waals surface area contributed by atoms with Gasteiger partial charge in [0.2, 0.25) is 0 Å². The topological polar surface area (TPSA) is 148 Å². The van der Waals surface area contributed by atoms with Gasteiger partial charge in [-0.05, 0) is 48.5 Å². The minimum absolute atomic E-state index is 0.472. The van der Waals surface area contributed by atoms with Gasteiger partial charge in [-0.25, -0.2) is 0 Å². The fourth-order valence-corrected chi connectivity index (χ4v) is 2.69. The maximum absolute atomic E-state index is 5.27. The van der Waals surface area contributed by atoms with E-state index >= 15 is 0 Å². The lowest BCUT2D eigenvalue weighted by molar-refractivity contribution is -0.365. The third-order valence-electron chi connectivity index (χ3n) is 5.53. The fraction of sp³-hybridized carbons (Fsp3) is 0.941. The van der Waals surface area contributed by atoms with Gasteiger partial charge in [-0.3, -0.25) is 0 Å². The average Bonchev–Trinajstić information content (AvgIpc) is 3.12. The Hall–Kier alpha value is -1.06. The molecule has 0 heterocycles. The highest BCUT2D eigenvalue weighted by molar-refractivity contribution is 4.71. The predicted octanol–water partition coefficient (Wildman–Crippen LogP) is 6.11. The number of allylic oxidation sites excluding steroid dienone is 1. The van der Waals surface area contributed by atoms with Crippen molar-refractivity contribution in [2.45, 2.75) is 107 Å². The Balaban J connectivity index is -0.000000118. The summed E-state index contributed by atoms with van der Waals surface area (Å²) in [7, 11) is 15.4. The highest BCUT2D eigenvalue weighted by atomic mass is 16.9. The van der Waals surface area contributed by atoms with Crippen LogP contribution in [0.5, 0.6) is 0 Å². The molecule has 0 fully saturated rings. The van der Waals surface area contributed by atoms with Crippen molar-refractivity contribution in [2.24, 2.45) is 0 Å². The van der Waals surface area contributed by atoms with E-state index in [0.29, 0.717) is 46.1 Å². The molecule has 0 aliphatic rings. The largest absolute Gasteiger partial charge is 0.502 e. The van der Waals surface area contributed by atoms with Crippen LogP contribution in [0.2, 0.25) is 0 Å². The molecule has 0 aromatic carbocycles. The van der Waals surface area contributed by atoms with Crippen LogP contribution in [0.4, 0.5) is 0 Å². The van der Waals surface area contributed by atoms with Crippen molar-refractivity contribution in [3.05, 3.63) is 12.3 Å². The summed E-state index contributed by atoms with van der Waals surface area (Å²) >= 11 is 0. The van der Waals surface area contributed by atoms with Gasteiger partial charge >= 0.3 is 0 Å². The molecule has 0 rings (SSSR count). The first kappa shape index (κ1) is 61.0. The summed E-state index contributed by atoms with van der Waals surface area (Å²) in [5.74, 6) is -1.80. The Morgan fingerprint density at radius 2 is 0.740 bits per heavy atom. The Morgan fingerprint density at radius 3 is 0.820 bits per heavy atom. The Bertz CT molecular complexity index is 568. The molecule has 16 nitrogen and oxygen atoms in total. The van der Waals surface area contributed by atoms with Gasteiger partial charge in [0.15, 0.2) is 0 Å². The first-order valence-electron chi connectivity index (χ1n) is 16.4. The molecule has 0 amide bonds. The van der Waals surface area contributed by atoms with Crippen molar-refractivity contribution in [2.75, 3.05) is 111 Å². The SMILES string of the molecule is C=C(C)OC.CCC(OC)(OC)OC.CCOC(C)(OCC)OCC.CCOC(OCC)OCC.COC(C)(OC)OC.COC(OC)OC. The van der Waals surface area contributed by atoms with Crippen molar-refractivity contribution in [3.63, 3.8) is 0 Å². The van der Waals surface area contributed by atoms with E-state index < -0.39 is 30.9 Å². The van der Waals surface area contributed by atoms with Crippen LogP contribution in [0.15, 0.2) is 12.3 Å². The van der Waals surface area contributed by atoms with Crippen molar-refractivity contribution >= 4 is 0 Å². The predicted molar refractivity (Wildman–Crippen MR) is 192 cm³/mol. The van der Waals surface area contributed by atoms with E-state index in [-0.39, 0.29) is 0 Å². The van der Waals surface area contributed by atoms with Crippen LogP contribution < -0.4 is 0 Å². The Labute approximate surface area is 305 Å². The summed E-state index contributed by atoms with van der Waals surface area (Å²) in [5, 5.41) is 0. The highest BCUT2D eigenvalue weighted by Crippen LogP contribution is 2.15. The minimum Gasteiger partial charge on any atom is -0.502 e. The van der Waals surface area contributed by atoms with Gasteiger partial charge in [-0.15, -0.1) is 0 Å². The molecule has 16 heteroatoms. The number of ether oxygens (including phenoxy) is 16. The van der Waals surface area contributed by atoms with Gasteiger partial charge in [0.05, 0.1) is 12.9 Å². The molecule has 0 unspecified atom stereocenters. The highest BCUT2D eigenvalue weighted by Gasteiger charge is 2.26. The molecule has 0 N–H and O–H groups in total. The smallest absolute Gasteiger partial charge is 0.281 e. The molecule has 0 atom stereocenters. The van der Waals surface area contributed by atoms with E-state index in [1.165, 1.54) is 42.7 Å². The zero-order valence-electron chi connectivity index (χ0n) is 35.3. The standard InChI is InChI=1S/C8H18O3.C7H16O3.C6H14O3.C5H12O3.C4H10O3.C4H8O/c1-5-9-8(4,10-6-2)11-7-3;1-4-8-7(9-5-2)10-6-3;1-5-6(7-2,8-3)9-4;1-5(6-2,7-3)8-4;1-5-4(6-2)7-3;1-4(2)5-3/h5-7H2,1-4H3;7H,4-6H2,1-3H3;5H2,1-4H3;1-4H3;4H,1-3H3;1H2,2-3H3. The second kappa shape index (κ2) is 44.1. The number of hydrogen-bond acceptors (Lipinski definition) is 16. The average molecular weight is 743 g/mol. The first-order chi connectivity index (χ1) is 23.6. The summed E-state index contributed by atoms with van der Waals surface area (Å²) in [6.45, 7) is 24.8. The van der Waals surface area contributed by atoms with E-state index in [1.54, 1.807) is 49.2 Å². The number of methoxy groups -OCH3 is 10. The molecule has 0 aliphatic carbocycles. The molecule has 0 spiro atoms. The molecule has 0 aliphatic heterocycles. The third-order valence-corrected chi connectivity index (χ3v) is 5.53. The molecule has 310 valence electrons. The second-order valence-corrected chi connectivity index (χ2v) is 8.84. The summed E-state index contributed by atoms with van der Waals surface area (Å²) < 4.78 is 78.6. The molecule has 0 saturated heterocycles. The second-order valence-electron chi connectivity index (χ2n) is 8.84. The quantitative estimate of drug-likeness (QED) is 0.0875. The van der Waals surface area contributed by atoms with E-state index in [0.717, 1.165) is 5.76 Å². The maximum Gasteiger partial charge on any atom is 0.281 e. The van der Waals surface area contributed by atoms with Crippen LogP contribution in [-0.4, -0.2) is 142 Å². The monoisotopic (exact) mass is 743 g/mol. The van der Waals surface area contributed by atoms with Crippen molar-refractivity contribution < 1.29 is 75.8 Å². The molecule has 50 heavy (non-hydrogen) atoms. The van der Waals surface area contributed by atoms with Crippen LogP contribution in [0.3, 0.4) is 0 Å². The summed E-state index contributed by atoms with van der Waals surface area (Å²) in [4.78, 5) is 0. The van der Waals surface area contributed by atoms with E-state index in [9.17, 15) is 0 Å². The normalized spacial score (nSPS) is 11.0. The Kier molecular flexibility index (Phi) is 53.8. The van der Waals surface area contributed by atoms with E-state index in [1.807, 2.05) is 48.5 Å². The van der Waals surface area contributed by atoms with Crippen LogP contribution in [0.1, 0.15) is 75.7 Å². The molecule has 0 radical (unpaired) electrons. The maximum atomic E-state index is 5.27. The van der Waals surface area contributed by atoms with E-state index in [2.05, 4.69) is 25.5 Å². The van der Waals surface area contributed by atoms with E-state index in [4.69, 9.17) is 56.8 Å². The lowest BCUT2D eigenvalue weighted by Gasteiger charge is -2.27. The number of hydrogen-bond donors (Lipinski definition) is 0. The van der Waals surface area contributed by atoms with Gasteiger partial charge in [0.25, 0.3) is 30.9 Å². The molecule has 0 aromatic heterocycles. The lowest BCUT2D eigenvalue weighted by Crippen LogP contribution is -2.35. The van der Waals surface area contributed by atoms with Crippen LogP contribution in [-0.2, 0) is 75.8 Å². The molecule has 0 saturated carbocycles. The van der Waals surface area contributed by atoms with Crippen LogP contribution in [0, 0.1) is 0 Å². The minimum atomic E-state index is -0.875. The summed E-state index contributed by atoms with van der Waals surface area (Å²) in [6, 6.07) is 0. The molecular formula is C34H78O16. The summed E-state index contributed by atoms with van der Waals surface area (Å²) in [5.41, 5.74) is 0. The fourth-order valence-electron chi connectivity index (χ4n) is 2.69. The van der Waals surface area contributed by atoms with Crippen LogP contribution in [0.25, 0.3) is 0 Å². The van der Waals surface area contributed by atoms with Crippen molar-refractivity contribution in [1.82, 2.24) is 0 Å².